The number of hydrogen-bond donors (Lipinski definition) is 0. The molecule has 3 aliphatic rings. The molecule has 1 aliphatic heterocycles. The summed E-state index contributed by atoms with van der Waals surface area (Å²) in [7, 11) is 0. The smallest absolute Gasteiger partial charge is 0.162 e. The molecule has 2 aromatic rings. The van der Waals surface area contributed by atoms with Crippen LogP contribution in [0, 0.1) is 10.8 Å². The first kappa shape index (κ1) is 26.7. The van der Waals surface area contributed by atoms with Gasteiger partial charge >= 0.3 is 0 Å². The van der Waals surface area contributed by atoms with E-state index in [0.29, 0.717) is 30.2 Å². The van der Waals surface area contributed by atoms with Gasteiger partial charge in [0.25, 0.3) is 0 Å². The van der Waals surface area contributed by atoms with Crippen LogP contribution < -0.4 is 4.74 Å². The van der Waals surface area contributed by atoms with E-state index in [0.717, 1.165) is 46.5 Å². The summed E-state index contributed by atoms with van der Waals surface area (Å²) in [5, 5.41) is 0.569. The van der Waals surface area contributed by atoms with Crippen molar-refractivity contribution >= 4 is 23.2 Å². The Hall–Kier alpha value is -2.85. The molecular formula is C33H38ClNO3. The minimum Gasteiger partial charge on any atom is -0.491 e. The number of ether oxygens (including phenoxy) is 1. The van der Waals surface area contributed by atoms with Crippen LogP contribution in [0.4, 0.5) is 0 Å². The monoisotopic (exact) mass is 531 g/mol. The zero-order valence-corrected chi connectivity index (χ0v) is 24.1. The van der Waals surface area contributed by atoms with E-state index in [1.807, 2.05) is 50.2 Å². The van der Waals surface area contributed by atoms with E-state index in [9.17, 15) is 9.59 Å². The molecule has 200 valence electrons. The first-order valence-electron chi connectivity index (χ1n) is 13.7. The van der Waals surface area contributed by atoms with Crippen LogP contribution in [0.25, 0.3) is 0 Å². The first-order valence-corrected chi connectivity index (χ1v) is 14.0. The van der Waals surface area contributed by atoms with Gasteiger partial charge in [-0.1, -0.05) is 69.6 Å². The molecule has 0 bridgehead atoms. The topological polar surface area (TPSA) is 46.6 Å². The lowest BCUT2D eigenvalue weighted by molar-refractivity contribution is -0.119. The maximum absolute atomic E-state index is 14.1. The van der Waals surface area contributed by atoms with Gasteiger partial charge in [0.1, 0.15) is 5.75 Å². The SMILES string of the molecule is CC(C)Oc1ccc(Cl)cc1C1C2=C(CC(C)(C)CC2=O)N(Cc2ccccc2)C2=C1C(=O)CC(C)(C)C2. The van der Waals surface area contributed by atoms with Gasteiger partial charge < -0.3 is 9.64 Å². The van der Waals surface area contributed by atoms with E-state index in [1.54, 1.807) is 0 Å². The van der Waals surface area contributed by atoms with Crippen molar-refractivity contribution in [3.05, 3.63) is 87.2 Å². The summed E-state index contributed by atoms with van der Waals surface area (Å²) < 4.78 is 6.25. The number of hydrogen-bond acceptors (Lipinski definition) is 4. The number of carbonyl (C=O) groups excluding carboxylic acids is 2. The van der Waals surface area contributed by atoms with E-state index in [1.165, 1.54) is 0 Å². The van der Waals surface area contributed by atoms with Crippen LogP contribution in [0.2, 0.25) is 5.02 Å². The maximum Gasteiger partial charge on any atom is 0.162 e. The highest BCUT2D eigenvalue weighted by molar-refractivity contribution is 6.30. The molecule has 0 radical (unpaired) electrons. The van der Waals surface area contributed by atoms with Crippen molar-refractivity contribution in [3.63, 3.8) is 0 Å². The third-order valence-electron chi connectivity index (χ3n) is 7.85. The molecule has 2 aliphatic carbocycles. The van der Waals surface area contributed by atoms with Gasteiger partial charge in [-0.05, 0) is 61.3 Å². The molecule has 0 aromatic heterocycles. The second-order valence-electron chi connectivity index (χ2n) is 13.0. The predicted octanol–water partition coefficient (Wildman–Crippen LogP) is 8.01. The molecule has 5 rings (SSSR count). The van der Waals surface area contributed by atoms with Crippen LogP contribution in [0.15, 0.2) is 71.1 Å². The molecule has 0 saturated heterocycles. The molecule has 4 nitrogen and oxygen atoms in total. The molecular weight excluding hydrogens is 494 g/mol. The fraction of sp³-hybridized carbons (Fsp3) is 0.455. The van der Waals surface area contributed by atoms with Crippen molar-refractivity contribution in [2.24, 2.45) is 10.8 Å². The Morgan fingerprint density at radius 2 is 1.42 bits per heavy atom. The van der Waals surface area contributed by atoms with Gasteiger partial charge in [0.05, 0.1) is 6.10 Å². The summed E-state index contributed by atoms with van der Waals surface area (Å²) in [4.78, 5) is 30.4. The summed E-state index contributed by atoms with van der Waals surface area (Å²) in [6, 6.07) is 15.9. The fourth-order valence-electron chi connectivity index (χ4n) is 6.42. The van der Waals surface area contributed by atoms with E-state index in [-0.39, 0.29) is 28.5 Å². The Morgan fingerprint density at radius 1 is 0.868 bits per heavy atom. The number of carbonyl (C=O) groups is 2. The van der Waals surface area contributed by atoms with Gasteiger partial charge in [0.15, 0.2) is 11.6 Å². The molecule has 0 spiro atoms. The summed E-state index contributed by atoms with van der Waals surface area (Å²) in [5.41, 5.74) is 5.18. The second kappa shape index (κ2) is 9.72. The molecule has 0 amide bonds. The third kappa shape index (κ3) is 5.08. The summed E-state index contributed by atoms with van der Waals surface area (Å²) >= 11 is 6.55. The Bertz CT molecular complexity index is 1300. The van der Waals surface area contributed by atoms with Gasteiger partial charge in [-0.15, -0.1) is 0 Å². The van der Waals surface area contributed by atoms with E-state index < -0.39 is 5.92 Å². The Morgan fingerprint density at radius 3 is 1.95 bits per heavy atom. The molecule has 0 unspecified atom stereocenters. The van der Waals surface area contributed by atoms with Crippen LogP contribution in [0.1, 0.15) is 84.3 Å². The van der Waals surface area contributed by atoms with Gasteiger partial charge in [-0.3, -0.25) is 9.59 Å². The standard InChI is InChI=1S/C33H38ClNO3/c1-20(2)38-28-13-12-22(34)14-23(28)29-30-24(15-32(3,4)17-26(30)36)35(19-21-10-8-7-9-11-21)25-16-33(5,6)18-27(37)31(25)29/h7-14,20,29H,15-19H2,1-6H3. The summed E-state index contributed by atoms with van der Waals surface area (Å²) in [5.74, 6) is 0.421. The quantitative estimate of drug-likeness (QED) is 0.392. The summed E-state index contributed by atoms with van der Waals surface area (Å²) in [6.45, 7) is 13.3. The molecule has 2 aromatic carbocycles. The van der Waals surface area contributed by atoms with Crippen LogP contribution in [0.3, 0.4) is 0 Å². The van der Waals surface area contributed by atoms with E-state index >= 15 is 0 Å². The minimum atomic E-state index is -0.480. The highest BCUT2D eigenvalue weighted by atomic mass is 35.5. The maximum atomic E-state index is 14.1. The molecule has 38 heavy (non-hydrogen) atoms. The number of nitrogens with zero attached hydrogens (tertiary/aromatic N) is 1. The largest absolute Gasteiger partial charge is 0.491 e. The van der Waals surface area contributed by atoms with Gasteiger partial charge in [-0.2, -0.15) is 0 Å². The second-order valence-corrected chi connectivity index (χ2v) is 13.4. The highest BCUT2D eigenvalue weighted by Crippen LogP contribution is 2.56. The predicted molar refractivity (Wildman–Crippen MR) is 152 cm³/mol. The lowest BCUT2D eigenvalue weighted by atomic mass is 9.63. The van der Waals surface area contributed by atoms with Crippen molar-refractivity contribution in [3.8, 4) is 5.75 Å². The Labute approximate surface area is 231 Å². The molecule has 0 atom stereocenters. The average Bonchev–Trinajstić information content (AvgIpc) is 2.80. The zero-order valence-electron chi connectivity index (χ0n) is 23.4. The van der Waals surface area contributed by atoms with Gasteiger partial charge in [0.2, 0.25) is 0 Å². The Balaban J connectivity index is 1.80. The normalized spacial score (nSPS) is 21.1. The van der Waals surface area contributed by atoms with E-state index in [4.69, 9.17) is 16.3 Å². The van der Waals surface area contributed by atoms with Crippen molar-refractivity contribution in [2.45, 2.75) is 85.8 Å². The lowest BCUT2D eigenvalue weighted by Crippen LogP contribution is -2.44. The highest BCUT2D eigenvalue weighted by Gasteiger charge is 2.49. The van der Waals surface area contributed by atoms with Crippen LogP contribution in [-0.2, 0) is 16.1 Å². The van der Waals surface area contributed by atoms with Crippen LogP contribution >= 0.6 is 11.6 Å². The third-order valence-corrected chi connectivity index (χ3v) is 8.09. The van der Waals surface area contributed by atoms with E-state index in [2.05, 4.69) is 44.7 Å². The number of rotatable bonds is 5. The molecule has 0 saturated carbocycles. The van der Waals surface area contributed by atoms with Gasteiger partial charge in [-0.25, -0.2) is 0 Å². The number of halogens is 1. The van der Waals surface area contributed by atoms with Gasteiger partial charge in [0, 0.05) is 58.4 Å². The average molecular weight is 532 g/mol. The minimum absolute atomic E-state index is 0.0584. The number of ketones is 2. The fourth-order valence-corrected chi connectivity index (χ4v) is 6.60. The first-order chi connectivity index (χ1) is 17.8. The van der Waals surface area contributed by atoms with Crippen molar-refractivity contribution < 1.29 is 14.3 Å². The van der Waals surface area contributed by atoms with Crippen molar-refractivity contribution in [2.75, 3.05) is 0 Å². The van der Waals surface area contributed by atoms with Crippen molar-refractivity contribution in [1.82, 2.24) is 4.90 Å². The Kier molecular flexibility index (Phi) is 6.84. The molecule has 0 N–H and O–H groups in total. The molecule has 1 heterocycles. The van der Waals surface area contributed by atoms with Crippen LogP contribution in [0.5, 0.6) is 5.75 Å². The summed E-state index contributed by atoms with van der Waals surface area (Å²) in [6.07, 6.45) is 2.38. The number of benzene rings is 2. The number of Topliss-reactive ketones (excluding diaryl/α,β-unsaturated/α-hetero) is 2. The number of allylic oxidation sites excluding steroid dienone is 4. The molecule has 5 heteroatoms. The lowest BCUT2D eigenvalue weighted by Gasteiger charge is -2.49. The van der Waals surface area contributed by atoms with Crippen molar-refractivity contribution in [1.29, 1.82) is 0 Å². The van der Waals surface area contributed by atoms with Crippen LogP contribution in [-0.4, -0.2) is 22.6 Å². The molecule has 0 fully saturated rings. The zero-order chi connectivity index (χ0) is 27.4.